The number of aromatic nitrogens is 1. The Morgan fingerprint density at radius 2 is 2.13 bits per heavy atom. The third-order valence-corrected chi connectivity index (χ3v) is 6.17. The average molecular weight is 447 g/mol. The first-order valence-corrected chi connectivity index (χ1v) is 11.5. The molecule has 1 aromatic heterocycles. The SMILES string of the molecule is NC1=NS(O)(O)Nc2cccc(OCC3CCCN(C(=O)NCc4ccncc4)C3)c21. The Morgan fingerprint density at radius 3 is 2.94 bits per heavy atom. The molecule has 10 nitrogen and oxygen atoms in total. The number of hydrogen-bond donors (Lipinski definition) is 5. The number of piperidine rings is 1. The molecule has 11 heteroatoms. The van der Waals surface area contributed by atoms with Crippen LogP contribution in [0.5, 0.6) is 5.75 Å². The minimum atomic E-state index is -3.34. The molecule has 1 unspecified atom stereocenters. The van der Waals surface area contributed by atoms with Gasteiger partial charge in [0.15, 0.2) is 5.84 Å². The van der Waals surface area contributed by atoms with E-state index in [0.29, 0.717) is 43.2 Å². The molecule has 2 aliphatic rings. The molecular weight excluding hydrogens is 420 g/mol. The van der Waals surface area contributed by atoms with Crippen molar-refractivity contribution < 1.29 is 18.6 Å². The summed E-state index contributed by atoms with van der Waals surface area (Å²) < 4.78 is 31.9. The van der Waals surface area contributed by atoms with Crippen LogP contribution in [0, 0.1) is 5.92 Å². The van der Waals surface area contributed by atoms with E-state index < -0.39 is 11.0 Å². The lowest BCUT2D eigenvalue weighted by Gasteiger charge is -2.34. The number of rotatable bonds is 5. The maximum absolute atomic E-state index is 12.6. The molecule has 6 N–H and O–H groups in total. The van der Waals surface area contributed by atoms with E-state index in [1.54, 1.807) is 30.6 Å². The van der Waals surface area contributed by atoms with Crippen LogP contribution < -0.4 is 20.5 Å². The summed E-state index contributed by atoms with van der Waals surface area (Å²) in [5.74, 6) is 0.705. The van der Waals surface area contributed by atoms with E-state index in [0.717, 1.165) is 18.4 Å². The van der Waals surface area contributed by atoms with E-state index in [4.69, 9.17) is 10.5 Å². The Balaban J connectivity index is 1.34. The van der Waals surface area contributed by atoms with Crippen LogP contribution in [0.2, 0.25) is 0 Å². The van der Waals surface area contributed by atoms with Gasteiger partial charge in [-0.25, -0.2) is 4.79 Å². The van der Waals surface area contributed by atoms with Gasteiger partial charge in [0.2, 0.25) is 0 Å². The molecule has 2 aromatic rings. The van der Waals surface area contributed by atoms with Crippen molar-refractivity contribution in [3.8, 4) is 5.75 Å². The summed E-state index contributed by atoms with van der Waals surface area (Å²) in [5, 5.41) is 2.95. The lowest BCUT2D eigenvalue weighted by Crippen LogP contribution is -2.46. The fraction of sp³-hybridized carbons (Fsp3) is 0.350. The summed E-state index contributed by atoms with van der Waals surface area (Å²) in [6.45, 7) is 2.18. The fourth-order valence-electron chi connectivity index (χ4n) is 3.74. The zero-order chi connectivity index (χ0) is 21.8. The van der Waals surface area contributed by atoms with Gasteiger partial charge in [-0.05, 0) is 53.6 Å². The molecule has 1 saturated heterocycles. The highest BCUT2D eigenvalue weighted by Gasteiger charge is 2.27. The minimum absolute atomic E-state index is 0.0186. The van der Waals surface area contributed by atoms with Gasteiger partial charge in [0.25, 0.3) is 0 Å². The number of amidine groups is 1. The largest absolute Gasteiger partial charge is 0.492 e. The van der Waals surface area contributed by atoms with E-state index in [9.17, 15) is 13.9 Å². The Morgan fingerprint density at radius 1 is 1.32 bits per heavy atom. The number of nitrogens with zero attached hydrogens (tertiary/aromatic N) is 3. The molecule has 1 atom stereocenters. The number of urea groups is 1. The number of carbonyl (C=O) groups is 1. The van der Waals surface area contributed by atoms with Crippen LogP contribution in [0.25, 0.3) is 0 Å². The highest BCUT2D eigenvalue weighted by Crippen LogP contribution is 2.46. The van der Waals surface area contributed by atoms with E-state index in [-0.39, 0.29) is 17.8 Å². The predicted octanol–water partition coefficient (Wildman–Crippen LogP) is 2.79. The number of benzene rings is 1. The molecule has 0 radical (unpaired) electrons. The number of nitrogens with one attached hydrogen (secondary N) is 2. The van der Waals surface area contributed by atoms with E-state index >= 15 is 0 Å². The Bertz CT molecular complexity index is 971. The predicted molar refractivity (Wildman–Crippen MR) is 120 cm³/mol. The first-order chi connectivity index (χ1) is 14.9. The van der Waals surface area contributed by atoms with E-state index in [1.165, 1.54) is 0 Å². The van der Waals surface area contributed by atoms with Gasteiger partial charge in [-0.3, -0.25) is 18.8 Å². The van der Waals surface area contributed by atoms with E-state index in [2.05, 4.69) is 19.4 Å². The van der Waals surface area contributed by atoms with Crippen LogP contribution in [0.1, 0.15) is 24.0 Å². The zero-order valence-electron chi connectivity index (χ0n) is 16.9. The Labute approximate surface area is 182 Å². The van der Waals surface area contributed by atoms with Crippen molar-refractivity contribution in [3.05, 3.63) is 53.9 Å². The minimum Gasteiger partial charge on any atom is -0.492 e. The van der Waals surface area contributed by atoms with Crippen LogP contribution in [0.4, 0.5) is 10.5 Å². The molecule has 0 spiro atoms. The average Bonchev–Trinajstić information content (AvgIpc) is 2.76. The number of hydrogen-bond acceptors (Lipinski definition) is 8. The van der Waals surface area contributed by atoms with E-state index in [1.807, 2.05) is 17.0 Å². The topological polar surface area (TPSA) is 145 Å². The summed E-state index contributed by atoms with van der Waals surface area (Å²) in [7, 11) is -3.34. The normalized spacial score (nSPS) is 20.6. The van der Waals surface area contributed by atoms with Gasteiger partial charge in [0.1, 0.15) is 5.75 Å². The van der Waals surface area contributed by atoms with Crippen molar-refractivity contribution in [1.29, 1.82) is 0 Å². The molecule has 2 amide bonds. The van der Waals surface area contributed by atoms with Gasteiger partial charge in [0.05, 0.1) is 17.9 Å². The molecule has 4 rings (SSSR count). The van der Waals surface area contributed by atoms with Crippen molar-refractivity contribution in [2.45, 2.75) is 19.4 Å². The van der Waals surface area contributed by atoms with Gasteiger partial charge < -0.3 is 20.7 Å². The quantitative estimate of drug-likeness (QED) is 0.475. The second-order valence-electron chi connectivity index (χ2n) is 7.56. The maximum Gasteiger partial charge on any atom is 0.317 e. The molecule has 31 heavy (non-hydrogen) atoms. The highest BCUT2D eigenvalue weighted by atomic mass is 32.3. The molecule has 1 fully saturated rings. The van der Waals surface area contributed by atoms with Crippen molar-refractivity contribution in [3.63, 3.8) is 0 Å². The monoisotopic (exact) mass is 446 g/mol. The summed E-state index contributed by atoms with van der Waals surface area (Å²) in [5.41, 5.74) is 7.91. The van der Waals surface area contributed by atoms with Gasteiger partial charge >= 0.3 is 6.03 Å². The number of amides is 2. The van der Waals surface area contributed by atoms with Gasteiger partial charge in [-0.2, -0.15) is 0 Å². The van der Waals surface area contributed by atoms with Crippen LogP contribution >= 0.6 is 11.0 Å². The molecular formula is C20H26N6O4S. The number of likely N-dealkylation sites (tertiary alicyclic amines) is 1. The number of pyridine rings is 1. The molecule has 166 valence electrons. The summed E-state index contributed by atoms with van der Waals surface area (Å²) in [6.07, 6.45) is 5.25. The number of fused-ring (bicyclic) bond motifs is 1. The van der Waals surface area contributed by atoms with Gasteiger partial charge in [-0.1, -0.05) is 6.07 Å². The second-order valence-corrected chi connectivity index (χ2v) is 8.98. The van der Waals surface area contributed by atoms with Crippen LogP contribution in [0.15, 0.2) is 47.1 Å². The van der Waals surface area contributed by atoms with Gasteiger partial charge in [-0.15, -0.1) is 4.40 Å². The van der Waals surface area contributed by atoms with Crippen molar-refractivity contribution >= 4 is 28.5 Å². The number of nitrogens with two attached hydrogens (primary N) is 1. The van der Waals surface area contributed by atoms with Crippen molar-refractivity contribution in [2.75, 3.05) is 24.4 Å². The molecule has 3 heterocycles. The maximum atomic E-state index is 12.6. The standard InChI is InChI=1S/C20H26N6O4S/c21-19-18-16(24-31(28,29)25-19)4-1-5-17(18)30-13-15-3-2-10-26(12-15)20(27)23-11-14-6-8-22-9-7-14/h1,4-9,15,24,28-29H,2-3,10-13H2,(H2,21,25)(H,23,27). The second kappa shape index (κ2) is 9.00. The van der Waals surface area contributed by atoms with Crippen LogP contribution in [0.3, 0.4) is 0 Å². The molecule has 1 aromatic carbocycles. The zero-order valence-corrected chi connectivity index (χ0v) is 17.7. The fourth-order valence-corrected chi connectivity index (χ4v) is 4.61. The van der Waals surface area contributed by atoms with Gasteiger partial charge in [0, 0.05) is 37.9 Å². The highest BCUT2D eigenvalue weighted by molar-refractivity contribution is 8.24. The molecule has 0 saturated carbocycles. The third-order valence-electron chi connectivity index (χ3n) is 5.23. The van der Waals surface area contributed by atoms with Crippen molar-refractivity contribution in [1.82, 2.24) is 15.2 Å². The molecule has 0 aliphatic carbocycles. The van der Waals surface area contributed by atoms with Crippen molar-refractivity contribution in [2.24, 2.45) is 16.0 Å². The lowest BCUT2D eigenvalue weighted by molar-refractivity contribution is 0.137. The number of anilines is 1. The Kier molecular flexibility index (Phi) is 6.16. The molecule has 2 aliphatic heterocycles. The third kappa shape index (κ3) is 5.19. The molecule has 0 bridgehead atoms. The van der Waals surface area contributed by atoms with Crippen LogP contribution in [-0.2, 0) is 6.54 Å². The lowest BCUT2D eigenvalue weighted by atomic mass is 9.99. The summed E-state index contributed by atoms with van der Waals surface area (Å²) in [6, 6.07) is 8.85. The number of ether oxygens (including phenoxy) is 1. The smallest absolute Gasteiger partial charge is 0.317 e. The first-order valence-electron chi connectivity index (χ1n) is 10.0. The Hall–Kier alpha value is -3.02. The summed E-state index contributed by atoms with van der Waals surface area (Å²) in [4.78, 5) is 18.3. The number of carbonyl (C=O) groups excluding carboxylic acids is 1. The summed E-state index contributed by atoms with van der Waals surface area (Å²) >= 11 is 0. The van der Waals surface area contributed by atoms with Crippen LogP contribution in [-0.4, -0.2) is 50.6 Å². The first kappa shape index (κ1) is 21.2.